The molecule has 0 amide bonds. The van der Waals surface area contributed by atoms with Gasteiger partial charge in [0.25, 0.3) is 0 Å². The van der Waals surface area contributed by atoms with Crippen LogP contribution in [0.25, 0.3) is 22.3 Å². The summed E-state index contributed by atoms with van der Waals surface area (Å²) in [5.74, 6) is 2.52. The van der Waals surface area contributed by atoms with Gasteiger partial charge in [0.1, 0.15) is 0 Å². The van der Waals surface area contributed by atoms with Gasteiger partial charge in [0.05, 0.1) is 0 Å². The highest BCUT2D eigenvalue weighted by Crippen LogP contribution is 2.49. The van der Waals surface area contributed by atoms with Gasteiger partial charge >= 0.3 is 0 Å². The molecule has 192 valence electrons. The Kier molecular flexibility index (Phi) is 5.66. The minimum absolute atomic E-state index is 0.295. The van der Waals surface area contributed by atoms with Gasteiger partial charge in [-0.1, -0.05) is 152 Å². The number of hydrogen-bond acceptors (Lipinski definition) is 0. The Bertz CT molecular complexity index is 1820. The number of hydrogen-bond donors (Lipinski definition) is 0. The van der Waals surface area contributed by atoms with Gasteiger partial charge in [0, 0.05) is 23.7 Å². The van der Waals surface area contributed by atoms with E-state index < -0.39 is 0 Å². The summed E-state index contributed by atoms with van der Waals surface area (Å²) in [6.45, 7) is 0. The normalized spacial score (nSPS) is 28.9. The standard InChI is InChI=1S/C40H32/c1-2-12-27(13-3-1)29-15-10-16-30(26-29)39-35-18-6-8-20-37(35)40(38-21-9-7-19-36(38)39)34-23-11-22-32-31-17-5-4-14-28(31)24-25-33(32)34/h1-26,28,31-33,35,37H. The van der Waals surface area contributed by atoms with Crippen LogP contribution in [0.1, 0.15) is 5.56 Å². The summed E-state index contributed by atoms with van der Waals surface area (Å²) in [4.78, 5) is 0. The van der Waals surface area contributed by atoms with E-state index in [9.17, 15) is 0 Å². The summed E-state index contributed by atoms with van der Waals surface area (Å²) in [6, 6.07) is 29.0. The summed E-state index contributed by atoms with van der Waals surface area (Å²) in [5, 5.41) is 2.76. The van der Waals surface area contributed by atoms with Crippen LogP contribution in [0, 0.1) is 35.5 Å². The lowest BCUT2D eigenvalue weighted by Gasteiger charge is -2.42. The maximum absolute atomic E-state index is 2.50. The van der Waals surface area contributed by atoms with Crippen molar-refractivity contribution in [2.45, 2.75) is 0 Å². The molecule has 0 heteroatoms. The first kappa shape index (κ1) is 23.5. The molecule has 5 aliphatic carbocycles. The van der Waals surface area contributed by atoms with E-state index in [1.807, 2.05) is 0 Å². The maximum atomic E-state index is 2.50. The monoisotopic (exact) mass is 512 g/mol. The molecule has 0 spiro atoms. The van der Waals surface area contributed by atoms with Crippen LogP contribution in [0.3, 0.4) is 0 Å². The van der Waals surface area contributed by atoms with Crippen molar-refractivity contribution in [2.24, 2.45) is 35.5 Å². The van der Waals surface area contributed by atoms with E-state index in [4.69, 9.17) is 0 Å². The minimum atomic E-state index is 0.295. The first-order valence-electron chi connectivity index (χ1n) is 14.6. The second-order valence-corrected chi connectivity index (χ2v) is 11.6. The van der Waals surface area contributed by atoms with Crippen LogP contribution in [0.15, 0.2) is 163 Å². The smallest absolute Gasteiger partial charge is 0.0137 e. The van der Waals surface area contributed by atoms with E-state index in [0.29, 0.717) is 35.5 Å². The second kappa shape index (κ2) is 9.65. The lowest BCUT2D eigenvalue weighted by Crippen LogP contribution is -2.42. The zero-order valence-electron chi connectivity index (χ0n) is 22.5. The third kappa shape index (κ3) is 3.74. The quantitative estimate of drug-likeness (QED) is 0.315. The number of benzene rings is 3. The second-order valence-electron chi connectivity index (χ2n) is 11.6. The Labute approximate surface area is 236 Å². The average Bonchev–Trinajstić information content (AvgIpc) is 3.04. The Morgan fingerprint density at radius 1 is 0.400 bits per heavy atom. The Morgan fingerprint density at radius 2 is 1.05 bits per heavy atom. The van der Waals surface area contributed by atoms with E-state index in [1.54, 1.807) is 0 Å². The number of rotatable bonds is 3. The molecule has 0 saturated heterocycles. The first-order chi connectivity index (χ1) is 19.9. The summed E-state index contributed by atoms with van der Waals surface area (Å²) in [5.41, 5.74) is 8.27. The first-order valence-corrected chi connectivity index (χ1v) is 14.6. The lowest BCUT2D eigenvalue weighted by atomic mass is 9.61. The Hall–Kier alpha value is -4.42. The van der Waals surface area contributed by atoms with Crippen molar-refractivity contribution in [1.29, 1.82) is 0 Å². The van der Waals surface area contributed by atoms with Crippen LogP contribution in [-0.4, -0.2) is 0 Å². The fourth-order valence-corrected chi connectivity index (χ4v) is 7.73. The third-order valence-electron chi connectivity index (χ3n) is 9.49. The summed E-state index contributed by atoms with van der Waals surface area (Å²) < 4.78 is 0. The predicted octanol–water partition coefficient (Wildman–Crippen LogP) is 7.73. The van der Waals surface area contributed by atoms with Crippen molar-refractivity contribution in [3.05, 3.63) is 179 Å². The molecule has 0 saturated carbocycles. The van der Waals surface area contributed by atoms with Gasteiger partial charge < -0.3 is 0 Å². The van der Waals surface area contributed by atoms with Crippen molar-refractivity contribution >= 4 is 11.1 Å². The predicted molar refractivity (Wildman–Crippen MR) is 167 cm³/mol. The molecule has 6 atom stereocenters. The molecule has 5 aliphatic rings. The maximum Gasteiger partial charge on any atom is 0.0137 e. The van der Waals surface area contributed by atoms with Gasteiger partial charge in [-0.3, -0.25) is 0 Å². The topological polar surface area (TPSA) is 0 Å². The summed E-state index contributed by atoms with van der Waals surface area (Å²) >= 11 is 0. The van der Waals surface area contributed by atoms with Gasteiger partial charge in [-0.2, -0.15) is 0 Å². The molecule has 0 nitrogen and oxygen atoms in total. The van der Waals surface area contributed by atoms with E-state index in [2.05, 4.69) is 158 Å². The van der Waals surface area contributed by atoms with Crippen LogP contribution < -0.4 is 10.4 Å². The van der Waals surface area contributed by atoms with Gasteiger partial charge in [-0.15, -0.1) is 0 Å². The van der Waals surface area contributed by atoms with Gasteiger partial charge in [-0.25, -0.2) is 0 Å². The molecule has 0 radical (unpaired) electrons. The molecule has 40 heavy (non-hydrogen) atoms. The highest BCUT2D eigenvalue weighted by atomic mass is 14.4. The molecule has 0 N–H and O–H groups in total. The van der Waals surface area contributed by atoms with Crippen molar-refractivity contribution < 1.29 is 0 Å². The van der Waals surface area contributed by atoms with Gasteiger partial charge in [-0.05, 0) is 61.7 Å². The molecule has 0 heterocycles. The highest BCUT2D eigenvalue weighted by Gasteiger charge is 2.40. The fraction of sp³-hybridized carbons (Fsp3) is 0.150. The highest BCUT2D eigenvalue weighted by molar-refractivity contribution is 5.83. The third-order valence-corrected chi connectivity index (χ3v) is 9.49. The van der Waals surface area contributed by atoms with Crippen LogP contribution in [-0.2, 0) is 0 Å². The molecule has 0 aliphatic heterocycles. The molecule has 0 aromatic heterocycles. The summed E-state index contributed by atoms with van der Waals surface area (Å²) in [6.07, 6.45) is 30.8. The van der Waals surface area contributed by atoms with E-state index >= 15 is 0 Å². The van der Waals surface area contributed by atoms with E-state index in [0.717, 1.165) is 0 Å². The van der Waals surface area contributed by atoms with Gasteiger partial charge in [0.2, 0.25) is 0 Å². The largest absolute Gasteiger partial charge is 0.0804 e. The molecule has 3 aromatic carbocycles. The molecule has 0 fully saturated rings. The van der Waals surface area contributed by atoms with E-state index in [1.165, 1.54) is 43.8 Å². The molecular weight excluding hydrogens is 480 g/mol. The van der Waals surface area contributed by atoms with Gasteiger partial charge in [0.15, 0.2) is 0 Å². The van der Waals surface area contributed by atoms with Crippen molar-refractivity contribution in [1.82, 2.24) is 0 Å². The molecule has 8 rings (SSSR count). The van der Waals surface area contributed by atoms with E-state index in [-0.39, 0.29) is 0 Å². The van der Waals surface area contributed by atoms with Crippen LogP contribution >= 0.6 is 0 Å². The number of allylic oxidation sites excluding steroid dienone is 14. The SMILES string of the molecule is C1=CC2C=CC3C(C4=c5ccccc5=C(c5cccc(-c6ccccc6)c5)C5C=CC=CC45)=CC=CC3C2C=C1. The minimum Gasteiger partial charge on any atom is -0.0804 e. The molecule has 0 bridgehead atoms. The van der Waals surface area contributed by atoms with Crippen molar-refractivity contribution in [3.8, 4) is 11.1 Å². The van der Waals surface area contributed by atoms with Crippen LogP contribution in [0.5, 0.6) is 0 Å². The Morgan fingerprint density at radius 3 is 1.90 bits per heavy atom. The fourth-order valence-electron chi connectivity index (χ4n) is 7.73. The zero-order valence-corrected chi connectivity index (χ0v) is 22.5. The van der Waals surface area contributed by atoms with Crippen molar-refractivity contribution in [2.75, 3.05) is 0 Å². The lowest BCUT2D eigenvalue weighted by molar-refractivity contribution is 0.340. The van der Waals surface area contributed by atoms with Crippen molar-refractivity contribution in [3.63, 3.8) is 0 Å². The molecule has 3 aromatic rings. The zero-order chi connectivity index (χ0) is 26.5. The number of fused-ring (bicyclic) bond motifs is 5. The van der Waals surface area contributed by atoms with Crippen LogP contribution in [0.4, 0.5) is 0 Å². The van der Waals surface area contributed by atoms with Crippen LogP contribution in [0.2, 0.25) is 0 Å². The average molecular weight is 513 g/mol. The summed E-state index contributed by atoms with van der Waals surface area (Å²) in [7, 11) is 0. The molecule has 6 unspecified atom stereocenters. The molecular formula is C40H32. The Balaban J connectivity index is 1.35.